The molecule has 1 aliphatic rings. The predicted molar refractivity (Wildman–Crippen MR) is 142 cm³/mol. The molecule has 4 rings (SSSR count). The molecular weight excluding hydrogens is 432 g/mol. The zero-order chi connectivity index (χ0) is 24.7. The van der Waals surface area contributed by atoms with Crippen molar-refractivity contribution < 1.29 is 9.53 Å². The third-order valence-electron chi connectivity index (χ3n) is 6.72. The van der Waals surface area contributed by atoms with Crippen LogP contribution in [0.5, 0.6) is 0 Å². The average molecular weight is 471 g/mol. The maximum Gasteiger partial charge on any atom is 0.320 e. The average Bonchev–Trinajstić information content (AvgIpc) is 2.87. The van der Waals surface area contributed by atoms with Gasteiger partial charge >= 0.3 is 5.97 Å². The fourth-order valence-corrected chi connectivity index (χ4v) is 5.17. The van der Waals surface area contributed by atoms with E-state index in [0.29, 0.717) is 12.1 Å². The van der Waals surface area contributed by atoms with Crippen LogP contribution in [0.15, 0.2) is 91.0 Å². The summed E-state index contributed by atoms with van der Waals surface area (Å²) in [4.78, 5) is 12.1. The van der Waals surface area contributed by atoms with Crippen LogP contribution in [0, 0.1) is 0 Å². The fourth-order valence-electron chi connectivity index (χ4n) is 5.17. The highest BCUT2D eigenvalue weighted by Gasteiger charge is 2.38. The van der Waals surface area contributed by atoms with Gasteiger partial charge < -0.3 is 10.1 Å². The fraction of sp³-hybridized carbons (Fsp3) is 0.387. The van der Waals surface area contributed by atoms with Crippen LogP contribution in [-0.4, -0.2) is 30.2 Å². The molecule has 0 spiro atoms. The molecule has 1 saturated carbocycles. The molecule has 0 atom stereocenters. The molecule has 2 N–H and O–H groups in total. The number of hydrogen-bond donors (Lipinski definition) is 2. The second-order valence-corrected chi connectivity index (χ2v) is 10.5. The van der Waals surface area contributed by atoms with Crippen LogP contribution in [0.3, 0.4) is 0 Å². The molecule has 0 saturated heterocycles. The third-order valence-corrected chi connectivity index (χ3v) is 6.72. The lowest BCUT2D eigenvalue weighted by molar-refractivity contribution is -0.153. The molecule has 0 bridgehead atoms. The van der Waals surface area contributed by atoms with Crippen molar-refractivity contribution in [3.8, 4) is 0 Å². The van der Waals surface area contributed by atoms with Gasteiger partial charge in [0.05, 0.1) is 12.1 Å². The molecule has 0 aliphatic heterocycles. The first-order chi connectivity index (χ1) is 16.9. The molecule has 184 valence electrons. The predicted octanol–water partition coefficient (Wildman–Crippen LogP) is 5.81. The van der Waals surface area contributed by atoms with Gasteiger partial charge in [-0.25, -0.2) is 0 Å². The minimum Gasteiger partial charge on any atom is -0.459 e. The third kappa shape index (κ3) is 6.39. The highest BCUT2D eigenvalue weighted by Crippen LogP contribution is 2.38. The SMILES string of the molecule is CC(C)(C)OC(=O)CN[C@H]1CC[C@H](NC(c2ccccc2)(c2ccccc2)c2ccccc2)CC1. The second kappa shape index (κ2) is 11.2. The standard InChI is InChI=1S/C31H38N2O2/c1-30(2,3)35-29(34)23-32-27-19-21-28(22-20-27)33-31(24-13-7-4-8-14-24,25-15-9-5-10-16-25)26-17-11-6-12-18-26/h4-18,27-28,32-33H,19-23H2,1-3H3/t27-,28-. The number of esters is 1. The van der Waals surface area contributed by atoms with Gasteiger partial charge in [-0.3, -0.25) is 10.1 Å². The Hall–Kier alpha value is -2.95. The molecule has 0 unspecified atom stereocenters. The number of benzene rings is 3. The maximum atomic E-state index is 12.1. The van der Waals surface area contributed by atoms with E-state index in [1.807, 2.05) is 20.8 Å². The van der Waals surface area contributed by atoms with Gasteiger partial charge in [0.1, 0.15) is 5.60 Å². The lowest BCUT2D eigenvalue weighted by Crippen LogP contribution is -2.52. The van der Waals surface area contributed by atoms with Crippen molar-refractivity contribution in [3.05, 3.63) is 108 Å². The Labute approximate surface area is 210 Å². The molecule has 0 aromatic heterocycles. The van der Waals surface area contributed by atoms with Crippen LogP contribution in [0.25, 0.3) is 0 Å². The first kappa shape index (κ1) is 25.2. The number of ether oxygens (including phenoxy) is 1. The molecule has 4 heteroatoms. The summed E-state index contributed by atoms with van der Waals surface area (Å²) in [5.41, 5.74) is 2.83. The van der Waals surface area contributed by atoms with E-state index in [4.69, 9.17) is 4.74 Å². The van der Waals surface area contributed by atoms with Gasteiger partial charge in [-0.2, -0.15) is 0 Å². The summed E-state index contributed by atoms with van der Waals surface area (Å²) in [6, 6.07) is 33.0. The Bertz CT molecular complexity index is 957. The number of carbonyl (C=O) groups excluding carboxylic acids is 1. The molecule has 0 radical (unpaired) electrons. The quantitative estimate of drug-likeness (QED) is 0.322. The summed E-state index contributed by atoms with van der Waals surface area (Å²) in [5.74, 6) is -0.186. The van der Waals surface area contributed by atoms with Gasteiger partial charge in [0.2, 0.25) is 0 Å². The molecule has 0 heterocycles. The molecule has 1 fully saturated rings. The van der Waals surface area contributed by atoms with Crippen molar-refractivity contribution in [2.75, 3.05) is 6.54 Å². The van der Waals surface area contributed by atoms with Crippen LogP contribution in [-0.2, 0) is 15.1 Å². The summed E-state index contributed by atoms with van der Waals surface area (Å²) in [6.07, 6.45) is 4.13. The zero-order valence-corrected chi connectivity index (χ0v) is 21.2. The Kier molecular flexibility index (Phi) is 8.04. The summed E-state index contributed by atoms with van der Waals surface area (Å²) in [6.45, 7) is 5.97. The molecule has 3 aromatic rings. The van der Waals surface area contributed by atoms with E-state index in [1.165, 1.54) is 16.7 Å². The van der Waals surface area contributed by atoms with Crippen LogP contribution in [0.4, 0.5) is 0 Å². The zero-order valence-electron chi connectivity index (χ0n) is 21.2. The molecule has 3 aromatic carbocycles. The monoisotopic (exact) mass is 470 g/mol. The Morgan fingerprint density at radius 2 is 1.11 bits per heavy atom. The van der Waals surface area contributed by atoms with Crippen LogP contribution in [0.2, 0.25) is 0 Å². The lowest BCUT2D eigenvalue weighted by atomic mass is 9.75. The van der Waals surface area contributed by atoms with E-state index in [1.54, 1.807) is 0 Å². The van der Waals surface area contributed by atoms with Crippen molar-refractivity contribution >= 4 is 5.97 Å². The first-order valence-electron chi connectivity index (χ1n) is 12.8. The largest absolute Gasteiger partial charge is 0.459 e. The van der Waals surface area contributed by atoms with Gasteiger partial charge in [0.15, 0.2) is 0 Å². The minimum atomic E-state index is -0.448. The molecule has 0 amide bonds. The lowest BCUT2D eigenvalue weighted by Gasteiger charge is -2.42. The van der Waals surface area contributed by atoms with Crippen LogP contribution >= 0.6 is 0 Å². The van der Waals surface area contributed by atoms with Gasteiger partial charge in [0.25, 0.3) is 0 Å². The van der Waals surface area contributed by atoms with Gasteiger partial charge in [-0.05, 0) is 63.1 Å². The molecule has 35 heavy (non-hydrogen) atoms. The maximum absolute atomic E-state index is 12.1. The van der Waals surface area contributed by atoms with Crippen molar-refractivity contribution in [2.24, 2.45) is 0 Å². The summed E-state index contributed by atoms with van der Waals surface area (Å²) < 4.78 is 5.45. The van der Waals surface area contributed by atoms with Crippen molar-refractivity contribution in [1.29, 1.82) is 0 Å². The molecular formula is C31H38N2O2. The van der Waals surface area contributed by atoms with Crippen molar-refractivity contribution in [2.45, 2.75) is 69.7 Å². The number of rotatable bonds is 8. The number of hydrogen-bond acceptors (Lipinski definition) is 4. The summed E-state index contributed by atoms with van der Waals surface area (Å²) in [7, 11) is 0. The van der Waals surface area contributed by atoms with E-state index >= 15 is 0 Å². The molecule has 4 nitrogen and oxygen atoms in total. The highest BCUT2D eigenvalue weighted by atomic mass is 16.6. The Morgan fingerprint density at radius 1 is 0.714 bits per heavy atom. The van der Waals surface area contributed by atoms with E-state index < -0.39 is 11.1 Å². The van der Waals surface area contributed by atoms with E-state index in [-0.39, 0.29) is 12.5 Å². The van der Waals surface area contributed by atoms with E-state index in [2.05, 4.69) is 102 Å². The Balaban J connectivity index is 1.53. The van der Waals surface area contributed by atoms with Crippen molar-refractivity contribution in [3.63, 3.8) is 0 Å². The Morgan fingerprint density at radius 3 is 1.51 bits per heavy atom. The number of carbonyl (C=O) groups is 1. The van der Waals surface area contributed by atoms with E-state index in [0.717, 1.165) is 25.7 Å². The number of nitrogens with one attached hydrogen (secondary N) is 2. The summed E-state index contributed by atoms with van der Waals surface area (Å²) >= 11 is 0. The van der Waals surface area contributed by atoms with Gasteiger partial charge in [-0.15, -0.1) is 0 Å². The normalized spacial score (nSPS) is 18.7. The first-order valence-corrected chi connectivity index (χ1v) is 12.8. The van der Waals surface area contributed by atoms with Crippen molar-refractivity contribution in [1.82, 2.24) is 10.6 Å². The second-order valence-electron chi connectivity index (χ2n) is 10.5. The summed E-state index contributed by atoms with van der Waals surface area (Å²) in [5, 5.41) is 7.54. The van der Waals surface area contributed by atoms with E-state index in [9.17, 15) is 4.79 Å². The smallest absolute Gasteiger partial charge is 0.320 e. The van der Waals surface area contributed by atoms with Gasteiger partial charge in [-0.1, -0.05) is 91.0 Å². The molecule has 1 aliphatic carbocycles. The highest BCUT2D eigenvalue weighted by molar-refractivity contribution is 5.72. The minimum absolute atomic E-state index is 0.186. The topological polar surface area (TPSA) is 50.4 Å². The van der Waals surface area contributed by atoms with Crippen LogP contribution in [0.1, 0.15) is 63.1 Å². The van der Waals surface area contributed by atoms with Gasteiger partial charge in [0, 0.05) is 12.1 Å². The van der Waals surface area contributed by atoms with Crippen LogP contribution < -0.4 is 10.6 Å².